The third-order valence-electron chi connectivity index (χ3n) is 7.62. The maximum absolute atomic E-state index is 5.26. The molecule has 0 bridgehead atoms. The number of aryl methyl sites for hydroxylation is 1. The molecule has 1 nitrogen and oxygen atoms in total. The van der Waals surface area contributed by atoms with Crippen LogP contribution in [-0.2, 0) is 6.42 Å². The molecule has 5 atom stereocenters. The van der Waals surface area contributed by atoms with Crippen molar-refractivity contribution in [3.63, 3.8) is 0 Å². The molecular weight excluding hydrogens is 256 g/mol. The average molecular weight is 288 g/mol. The van der Waals surface area contributed by atoms with Crippen molar-refractivity contribution in [1.82, 2.24) is 0 Å². The molecule has 2 aliphatic rings. The first-order valence-electron chi connectivity index (χ1n) is 8.98. The zero-order valence-corrected chi connectivity index (χ0v) is 14.3. The fraction of sp³-hybridized carbons (Fsp3) is 0.800. The quantitative estimate of drug-likeness (QED) is 0.656. The van der Waals surface area contributed by atoms with Crippen molar-refractivity contribution in [3.05, 3.63) is 24.2 Å². The summed E-state index contributed by atoms with van der Waals surface area (Å²) in [7, 11) is 0. The minimum absolute atomic E-state index is 0.499. The van der Waals surface area contributed by atoms with Crippen LogP contribution in [0.5, 0.6) is 0 Å². The molecule has 1 aromatic heterocycles. The maximum atomic E-state index is 5.26. The third kappa shape index (κ3) is 2.47. The summed E-state index contributed by atoms with van der Waals surface area (Å²) >= 11 is 0. The topological polar surface area (TPSA) is 13.1 Å². The lowest BCUT2D eigenvalue weighted by atomic mass is 9.45. The van der Waals surface area contributed by atoms with Gasteiger partial charge in [-0.15, -0.1) is 0 Å². The van der Waals surface area contributed by atoms with Gasteiger partial charge in [0.25, 0.3) is 0 Å². The van der Waals surface area contributed by atoms with Crippen LogP contribution in [0.15, 0.2) is 23.0 Å². The molecule has 1 heteroatoms. The summed E-state index contributed by atoms with van der Waals surface area (Å²) in [6, 6.07) is 2.14. The van der Waals surface area contributed by atoms with E-state index >= 15 is 0 Å². The second kappa shape index (κ2) is 5.48. The predicted molar refractivity (Wildman–Crippen MR) is 88.1 cm³/mol. The molecule has 3 rings (SSSR count). The lowest BCUT2D eigenvalue weighted by Gasteiger charge is -2.60. The van der Waals surface area contributed by atoms with E-state index in [1.54, 1.807) is 0 Å². The Hall–Kier alpha value is -0.720. The van der Waals surface area contributed by atoms with Gasteiger partial charge in [-0.1, -0.05) is 40.5 Å². The molecule has 2 aliphatic carbocycles. The highest BCUT2D eigenvalue weighted by Crippen LogP contribution is 2.62. The van der Waals surface area contributed by atoms with Gasteiger partial charge in [-0.3, -0.25) is 0 Å². The zero-order chi connectivity index (χ0) is 15.1. The van der Waals surface area contributed by atoms with Gasteiger partial charge in [0.05, 0.1) is 12.5 Å². The van der Waals surface area contributed by atoms with Crippen LogP contribution in [-0.4, -0.2) is 0 Å². The number of hydrogen-bond donors (Lipinski definition) is 0. The van der Waals surface area contributed by atoms with Crippen LogP contribution in [0.25, 0.3) is 0 Å². The maximum Gasteiger partial charge on any atom is 0.0934 e. The highest BCUT2D eigenvalue weighted by molar-refractivity contribution is 5.09. The van der Waals surface area contributed by atoms with Crippen LogP contribution in [0.1, 0.15) is 71.8 Å². The summed E-state index contributed by atoms with van der Waals surface area (Å²) in [4.78, 5) is 0. The fourth-order valence-corrected chi connectivity index (χ4v) is 5.60. The van der Waals surface area contributed by atoms with Gasteiger partial charge in [-0.05, 0) is 72.3 Å². The van der Waals surface area contributed by atoms with E-state index in [2.05, 4.69) is 33.8 Å². The molecular formula is C20H32O. The van der Waals surface area contributed by atoms with Crippen molar-refractivity contribution in [1.29, 1.82) is 0 Å². The van der Waals surface area contributed by atoms with Crippen LogP contribution in [0.3, 0.4) is 0 Å². The van der Waals surface area contributed by atoms with Gasteiger partial charge in [0.15, 0.2) is 0 Å². The van der Waals surface area contributed by atoms with E-state index in [0.29, 0.717) is 10.8 Å². The van der Waals surface area contributed by atoms with Gasteiger partial charge in [0.1, 0.15) is 0 Å². The minimum Gasteiger partial charge on any atom is -0.472 e. The summed E-state index contributed by atoms with van der Waals surface area (Å²) in [5, 5.41) is 0. The molecule has 0 radical (unpaired) electrons. The molecule has 21 heavy (non-hydrogen) atoms. The first kappa shape index (κ1) is 15.2. The average Bonchev–Trinajstić information content (AvgIpc) is 2.97. The Kier molecular flexibility index (Phi) is 3.96. The molecule has 0 spiro atoms. The minimum atomic E-state index is 0.499. The Morgan fingerprint density at radius 1 is 1.14 bits per heavy atom. The van der Waals surface area contributed by atoms with Crippen molar-refractivity contribution in [2.45, 2.75) is 72.6 Å². The van der Waals surface area contributed by atoms with Crippen LogP contribution in [0.4, 0.5) is 0 Å². The number of hydrogen-bond acceptors (Lipinski definition) is 1. The lowest BCUT2D eigenvalue weighted by Crippen LogP contribution is -2.52. The molecule has 1 aromatic rings. The first-order chi connectivity index (χ1) is 9.97. The molecule has 2 saturated carbocycles. The first-order valence-corrected chi connectivity index (χ1v) is 8.98. The molecule has 0 aliphatic heterocycles. The third-order valence-corrected chi connectivity index (χ3v) is 7.62. The summed E-state index contributed by atoms with van der Waals surface area (Å²) in [5.41, 5.74) is 2.45. The van der Waals surface area contributed by atoms with E-state index in [9.17, 15) is 0 Å². The summed E-state index contributed by atoms with van der Waals surface area (Å²) in [6.07, 6.45) is 13.4. The Morgan fingerprint density at radius 3 is 2.67 bits per heavy atom. The molecule has 118 valence electrons. The number of rotatable bonds is 3. The Balaban J connectivity index is 1.82. The summed E-state index contributed by atoms with van der Waals surface area (Å²) in [5.74, 6) is 2.66. The SMILES string of the molecule is C[C@@H]1CC[C@]2(C)[C@H](CCC[C@@H]2C)[C@@]1(C)CCc1ccoc1. The molecule has 0 saturated heterocycles. The molecule has 0 amide bonds. The number of furan rings is 1. The molecule has 0 aromatic carbocycles. The van der Waals surface area contributed by atoms with Gasteiger partial charge in [0.2, 0.25) is 0 Å². The smallest absolute Gasteiger partial charge is 0.0934 e. The van der Waals surface area contributed by atoms with Gasteiger partial charge >= 0.3 is 0 Å². The highest BCUT2D eigenvalue weighted by Gasteiger charge is 2.54. The predicted octanol–water partition coefficient (Wildman–Crippen LogP) is 6.09. The normalized spacial score (nSPS) is 43.5. The van der Waals surface area contributed by atoms with E-state index in [1.165, 1.54) is 50.5 Å². The van der Waals surface area contributed by atoms with Gasteiger partial charge < -0.3 is 4.42 Å². The largest absolute Gasteiger partial charge is 0.472 e. The monoisotopic (exact) mass is 288 g/mol. The van der Waals surface area contributed by atoms with Crippen molar-refractivity contribution in [2.24, 2.45) is 28.6 Å². The van der Waals surface area contributed by atoms with Crippen molar-refractivity contribution in [2.75, 3.05) is 0 Å². The van der Waals surface area contributed by atoms with Gasteiger partial charge in [-0.2, -0.15) is 0 Å². The second-order valence-electron chi connectivity index (χ2n) is 8.47. The fourth-order valence-electron chi connectivity index (χ4n) is 5.60. The van der Waals surface area contributed by atoms with E-state index in [4.69, 9.17) is 4.42 Å². The zero-order valence-electron chi connectivity index (χ0n) is 14.3. The van der Waals surface area contributed by atoms with E-state index in [1.807, 2.05) is 12.5 Å². The van der Waals surface area contributed by atoms with Crippen LogP contribution < -0.4 is 0 Å². The van der Waals surface area contributed by atoms with Crippen molar-refractivity contribution < 1.29 is 4.42 Å². The lowest BCUT2D eigenvalue weighted by molar-refractivity contribution is -0.108. The second-order valence-corrected chi connectivity index (χ2v) is 8.47. The van der Waals surface area contributed by atoms with Gasteiger partial charge in [0, 0.05) is 0 Å². The highest BCUT2D eigenvalue weighted by atomic mass is 16.3. The van der Waals surface area contributed by atoms with E-state index in [-0.39, 0.29) is 0 Å². The standard InChI is InChI=1S/C20H32O/c1-15-6-5-7-18-19(15,3)11-8-16(2)20(18,4)12-9-17-10-13-21-14-17/h10,13-16,18H,5-9,11-12H2,1-4H3/t15-,16+,18-,19-,20-/m0/s1. The molecule has 1 heterocycles. The summed E-state index contributed by atoms with van der Waals surface area (Å²) in [6.45, 7) is 10.2. The molecule has 2 fully saturated rings. The van der Waals surface area contributed by atoms with Crippen LogP contribution >= 0.6 is 0 Å². The summed E-state index contributed by atoms with van der Waals surface area (Å²) < 4.78 is 5.26. The van der Waals surface area contributed by atoms with Crippen molar-refractivity contribution in [3.8, 4) is 0 Å². The Labute approximate surface area is 130 Å². The van der Waals surface area contributed by atoms with Crippen LogP contribution in [0, 0.1) is 28.6 Å². The van der Waals surface area contributed by atoms with Gasteiger partial charge in [-0.25, -0.2) is 0 Å². The Morgan fingerprint density at radius 2 is 1.95 bits per heavy atom. The Bertz CT molecular complexity index is 462. The molecule has 0 unspecified atom stereocenters. The van der Waals surface area contributed by atoms with E-state index < -0.39 is 0 Å². The van der Waals surface area contributed by atoms with Crippen molar-refractivity contribution >= 4 is 0 Å². The van der Waals surface area contributed by atoms with Crippen LogP contribution in [0.2, 0.25) is 0 Å². The number of fused-ring (bicyclic) bond motifs is 1. The van der Waals surface area contributed by atoms with E-state index in [0.717, 1.165) is 17.8 Å². The molecule has 0 N–H and O–H groups in total.